The lowest BCUT2D eigenvalue weighted by Crippen LogP contribution is -2.36. The highest BCUT2D eigenvalue weighted by atomic mass is 16.5. The van der Waals surface area contributed by atoms with Crippen molar-refractivity contribution < 1.29 is 4.74 Å². The van der Waals surface area contributed by atoms with Crippen molar-refractivity contribution in [3.63, 3.8) is 0 Å². The van der Waals surface area contributed by atoms with Gasteiger partial charge in [0.25, 0.3) is 0 Å². The van der Waals surface area contributed by atoms with Gasteiger partial charge in [0.1, 0.15) is 11.5 Å². The summed E-state index contributed by atoms with van der Waals surface area (Å²) in [5.41, 5.74) is 15.0. The number of ether oxygens (including phenoxy) is 1. The third kappa shape index (κ3) is 4.67. The molecular formula is C46H37N3O. The lowest BCUT2D eigenvalue weighted by atomic mass is 9.61. The molecule has 0 spiro atoms. The molecule has 242 valence electrons. The van der Waals surface area contributed by atoms with Crippen molar-refractivity contribution in [3.8, 4) is 17.2 Å². The van der Waals surface area contributed by atoms with Gasteiger partial charge >= 0.3 is 0 Å². The van der Waals surface area contributed by atoms with Crippen LogP contribution >= 0.6 is 0 Å². The molecule has 4 heterocycles. The second kappa shape index (κ2) is 11.9. The molecule has 1 aliphatic rings. The summed E-state index contributed by atoms with van der Waals surface area (Å²) >= 11 is 0. The lowest BCUT2D eigenvalue weighted by Gasteiger charge is -2.43. The van der Waals surface area contributed by atoms with Crippen molar-refractivity contribution in [2.45, 2.75) is 39.0 Å². The molecule has 8 aromatic rings. The van der Waals surface area contributed by atoms with E-state index in [4.69, 9.17) is 9.72 Å². The van der Waals surface area contributed by atoms with Crippen LogP contribution in [0, 0.1) is 20.8 Å². The van der Waals surface area contributed by atoms with E-state index in [0.29, 0.717) is 0 Å². The van der Waals surface area contributed by atoms with Crippen molar-refractivity contribution in [2.24, 2.45) is 0 Å². The number of para-hydroxylation sites is 2. The smallest absolute Gasteiger partial charge is 0.132 e. The Morgan fingerprint density at radius 3 is 2.08 bits per heavy atom. The molecule has 0 saturated heterocycles. The van der Waals surface area contributed by atoms with Crippen LogP contribution < -0.4 is 4.74 Å². The van der Waals surface area contributed by atoms with Crippen LogP contribution in [0.15, 0.2) is 146 Å². The highest BCUT2D eigenvalue weighted by Gasteiger charge is 2.47. The van der Waals surface area contributed by atoms with Crippen molar-refractivity contribution in [1.29, 1.82) is 0 Å². The Kier molecular flexibility index (Phi) is 7.13. The molecule has 4 nitrogen and oxygen atoms in total. The molecule has 3 aromatic heterocycles. The average molecular weight is 648 g/mol. The Balaban J connectivity index is 1.22. The van der Waals surface area contributed by atoms with E-state index in [1.165, 1.54) is 50.1 Å². The highest BCUT2D eigenvalue weighted by Crippen LogP contribution is 2.56. The predicted molar refractivity (Wildman–Crippen MR) is 203 cm³/mol. The Hall–Kier alpha value is -6.00. The third-order valence-electron chi connectivity index (χ3n) is 10.4. The van der Waals surface area contributed by atoms with Gasteiger partial charge in [-0.15, -0.1) is 0 Å². The number of benzene rings is 5. The van der Waals surface area contributed by atoms with Gasteiger partial charge in [0.15, 0.2) is 0 Å². The number of aryl methyl sites for hydroxylation is 5. The number of hydrogen-bond acceptors (Lipinski definition) is 3. The fraction of sp³-hybridized carbons (Fsp3) is 0.130. The van der Waals surface area contributed by atoms with Crippen LogP contribution in [0.1, 0.15) is 50.1 Å². The first-order chi connectivity index (χ1) is 24.5. The molecule has 0 unspecified atom stereocenters. The van der Waals surface area contributed by atoms with Crippen LogP contribution in [0.3, 0.4) is 0 Å². The highest BCUT2D eigenvalue weighted by molar-refractivity contribution is 6.07. The molecule has 0 bridgehead atoms. The van der Waals surface area contributed by atoms with E-state index in [2.05, 4.69) is 146 Å². The summed E-state index contributed by atoms with van der Waals surface area (Å²) < 4.78 is 8.91. The summed E-state index contributed by atoms with van der Waals surface area (Å²) in [5, 5.41) is 1.16. The zero-order valence-electron chi connectivity index (χ0n) is 28.5. The van der Waals surface area contributed by atoms with Crippen molar-refractivity contribution in [1.82, 2.24) is 14.5 Å². The fourth-order valence-electron chi connectivity index (χ4n) is 8.20. The number of rotatable bonds is 6. The van der Waals surface area contributed by atoms with Crippen molar-refractivity contribution in [3.05, 3.63) is 196 Å². The molecule has 50 heavy (non-hydrogen) atoms. The van der Waals surface area contributed by atoms with Gasteiger partial charge in [-0.1, -0.05) is 90.0 Å². The topological polar surface area (TPSA) is 39.9 Å². The lowest BCUT2D eigenvalue weighted by molar-refractivity contribution is 0.433. The molecule has 0 aliphatic carbocycles. The molecule has 5 aromatic carbocycles. The molecule has 0 N–H and O–H groups in total. The van der Waals surface area contributed by atoms with E-state index in [1.807, 2.05) is 30.7 Å². The number of fused-ring (bicyclic) bond motifs is 5. The largest absolute Gasteiger partial charge is 0.457 e. The van der Waals surface area contributed by atoms with Gasteiger partial charge in [0.2, 0.25) is 0 Å². The number of aromatic nitrogens is 3. The molecular weight excluding hydrogens is 611 g/mol. The summed E-state index contributed by atoms with van der Waals surface area (Å²) in [6, 6.07) is 46.2. The fourth-order valence-corrected chi connectivity index (χ4v) is 8.20. The van der Waals surface area contributed by atoms with Gasteiger partial charge in [-0.3, -0.25) is 9.97 Å². The maximum absolute atomic E-state index is 6.64. The summed E-state index contributed by atoms with van der Waals surface area (Å²) in [6.45, 7) is 6.65. The van der Waals surface area contributed by atoms with Crippen LogP contribution in [0.25, 0.3) is 27.6 Å². The van der Waals surface area contributed by atoms with Gasteiger partial charge in [-0.2, -0.15) is 0 Å². The molecule has 0 amide bonds. The number of hydrogen-bond donors (Lipinski definition) is 0. The quantitative estimate of drug-likeness (QED) is 0.180. The second-order valence-electron chi connectivity index (χ2n) is 13.6. The molecule has 4 heteroatoms. The standard InChI is InChI=1S/C46H37N3O/c1-30-16-18-32(3)39(26-30)46(37-11-4-6-14-43(37)50-44-15-7-5-12-38(44)46)40-27-31(2)17-21-34(40)22-19-33-20-23-41-36(28-33)45-42(13-9-25-48-45)49(41)35-10-8-24-47-29-35/h4-18,20-21,23-29H,19,22H2,1-3H3. The number of nitrogens with zero attached hydrogens (tertiary/aromatic N) is 3. The first-order valence-corrected chi connectivity index (χ1v) is 17.4. The van der Waals surface area contributed by atoms with Crippen LogP contribution in [0.5, 0.6) is 11.5 Å². The number of pyridine rings is 2. The average Bonchev–Trinajstić information content (AvgIpc) is 3.48. The van der Waals surface area contributed by atoms with Gasteiger partial charge < -0.3 is 9.30 Å². The Morgan fingerprint density at radius 1 is 0.600 bits per heavy atom. The molecule has 0 radical (unpaired) electrons. The van der Waals surface area contributed by atoms with Crippen LogP contribution in [-0.4, -0.2) is 14.5 Å². The van der Waals surface area contributed by atoms with Gasteiger partial charge in [0.05, 0.1) is 33.8 Å². The Labute approximate surface area is 292 Å². The summed E-state index contributed by atoms with van der Waals surface area (Å²) in [4.78, 5) is 9.25. The van der Waals surface area contributed by atoms with Crippen LogP contribution in [0.4, 0.5) is 0 Å². The molecule has 0 saturated carbocycles. The summed E-state index contributed by atoms with van der Waals surface area (Å²) in [7, 11) is 0. The van der Waals surface area contributed by atoms with Crippen LogP contribution in [-0.2, 0) is 18.3 Å². The Bertz CT molecular complexity index is 2520. The van der Waals surface area contributed by atoms with Gasteiger partial charge in [0, 0.05) is 28.9 Å². The van der Waals surface area contributed by atoms with Crippen molar-refractivity contribution >= 4 is 21.9 Å². The van der Waals surface area contributed by atoms with Gasteiger partial charge in [-0.25, -0.2) is 0 Å². The monoisotopic (exact) mass is 647 g/mol. The summed E-state index contributed by atoms with van der Waals surface area (Å²) in [5.74, 6) is 1.81. The predicted octanol–water partition coefficient (Wildman–Crippen LogP) is 10.8. The van der Waals surface area contributed by atoms with Gasteiger partial charge in [-0.05, 0) is 110 Å². The van der Waals surface area contributed by atoms with E-state index in [-0.39, 0.29) is 0 Å². The van der Waals surface area contributed by atoms with E-state index < -0.39 is 5.41 Å². The molecule has 9 rings (SSSR count). The minimum Gasteiger partial charge on any atom is -0.457 e. The Morgan fingerprint density at radius 2 is 1.32 bits per heavy atom. The minimum atomic E-state index is -0.562. The van der Waals surface area contributed by atoms with Crippen molar-refractivity contribution in [2.75, 3.05) is 0 Å². The third-order valence-corrected chi connectivity index (χ3v) is 10.4. The first kappa shape index (κ1) is 30.1. The zero-order valence-corrected chi connectivity index (χ0v) is 28.5. The molecule has 0 fully saturated rings. The first-order valence-electron chi connectivity index (χ1n) is 17.4. The minimum absolute atomic E-state index is 0.562. The zero-order chi connectivity index (χ0) is 33.8. The SMILES string of the molecule is Cc1ccc(C)c(C2(c3cc(C)ccc3CCc3ccc4c(c3)c3ncccc3n4-c3cccnc3)c3ccccc3Oc3ccccc32)c1. The normalized spacial score (nSPS) is 13.2. The van der Waals surface area contributed by atoms with E-state index in [1.54, 1.807) is 0 Å². The molecule has 0 atom stereocenters. The second-order valence-corrected chi connectivity index (χ2v) is 13.6. The van der Waals surface area contributed by atoms with E-state index in [0.717, 1.165) is 52.0 Å². The van der Waals surface area contributed by atoms with E-state index in [9.17, 15) is 0 Å². The maximum Gasteiger partial charge on any atom is 0.132 e. The van der Waals surface area contributed by atoms with E-state index >= 15 is 0 Å². The molecule has 1 aliphatic heterocycles. The van der Waals surface area contributed by atoms with Crippen LogP contribution in [0.2, 0.25) is 0 Å². The summed E-state index contributed by atoms with van der Waals surface area (Å²) in [6.07, 6.45) is 7.39. The maximum atomic E-state index is 6.64.